The van der Waals surface area contributed by atoms with Gasteiger partial charge < -0.3 is 19.9 Å². The Morgan fingerprint density at radius 2 is 1.91 bits per heavy atom. The first-order chi connectivity index (χ1) is 10.4. The second-order valence-electron chi connectivity index (χ2n) is 3.80. The molecule has 0 atom stereocenters. The number of rotatable bonds is 8. The molecule has 1 aromatic rings. The van der Waals surface area contributed by atoms with E-state index < -0.39 is 24.9 Å². The summed E-state index contributed by atoms with van der Waals surface area (Å²) in [6, 6.07) is 3.17. The molecule has 0 bridgehead atoms. The van der Waals surface area contributed by atoms with E-state index in [1.54, 1.807) is 0 Å². The second-order valence-corrected chi connectivity index (χ2v) is 3.80. The van der Waals surface area contributed by atoms with Crippen LogP contribution in [0.15, 0.2) is 24.3 Å². The number of amides is 1. The third-order valence-corrected chi connectivity index (χ3v) is 2.25. The van der Waals surface area contributed by atoms with Gasteiger partial charge in [-0.1, -0.05) is 0 Å². The maximum atomic E-state index is 12.3. The monoisotopic (exact) mass is 323 g/mol. The van der Waals surface area contributed by atoms with Gasteiger partial charge in [0.15, 0.2) is 0 Å². The van der Waals surface area contributed by atoms with Gasteiger partial charge in [0.1, 0.15) is 11.5 Å². The lowest BCUT2D eigenvalue weighted by Crippen LogP contribution is -2.24. The minimum absolute atomic E-state index is 0.0325. The number of aliphatic hydroxyl groups excluding tert-OH is 1. The third kappa shape index (κ3) is 6.44. The molecule has 0 aliphatic rings. The summed E-state index contributed by atoms with van der Waals surface area (Å²) < 4.78 is 57.1. The Morgan fingerprint density at radius 1 is 1.23 bits per heavy atom. The number of carbonyl (C=O) groups excluding carboxylic acids is 1. The van der Waals surface area contributed by atoms with Gasteiger partial charge >= 0.3 is 13.2 Å². The van der Waals surface area contributed by atoms with Crippen molar-refractivity contribution in [1.29, 1.82) is 0 Å². The average Bonchev–Trinajstić information content (AvgIpc) is 2.43. The topological polar surface area (TPSA) is 67.8 Å². The van der Waals surface area contributed by atoms with Crippen LogP contribution in [-0.4, -0.2) is 37.4 Å². The number of ether oxygens (including phenoxy) is 2. The lowest BCUT2D eigenvalue weighted by atomic mass is 10.1. The van der Waals surface area contributed by atoms with Crippen LogP contribution < -0.4 is 14.8 Å². The smallest absolute Gasteiger partial charge is 0.387 e. The number of hydrogen-bond acceptors (Lipinski definition) is 4. The van der Waals surface area contributed by atoms with Crippen molar-refractivity contribution in [2.75, 3.05) is 13.2 Å². The van der Waals surface area contributed by atoms with Gasteiger partial charge in [-0.15, -0.1) is 0 Å². The third-order valence-electron chi connectivity index (χ3n) is 2.25. The molecular weight excluding hydrogens is 310 g/mol. The van der Waals surface area contributed by atoms with E-state index >= 15 is 0 Å². The SMILES string of the molecule is O=C(/C=C/c1ccc(OC(F)F)cc1OC(F)F)NCCO. The maximum absolute atomic E-state index is 12.3. The largest absolute Gasteiger partial charge is 0.435 e. The van der Waals surface area contributed by atoms with Crippen molar-refractivity contribution in [2.24, 2.45) is 0 Å². The predicted molar refractivity (Wildman–Crippen MR) is 68.8 cm³/mol. The van der Waals surface area contributed by atoms with Gasteiger partial charge in [0.25, 0.3) is 0 Å². The summed E-state index contributed by atoms with van der Waals surface area (Å²) in [5, 5.41) is 10.8. The summed E-state index contributed by atoms with van der Waals surface area (Å²) in [5.74, 6) is -1.34. The summed E-state index contributed by atoms with van der Waals surface area (Å²) in [6.07, 6.45) is 2.19. The Kier molecular flexibility index (Phi) is 7.17. The van der Waals surface area contributed by atoms with Gasteiger partial charge in [-0.2, -0.15) is 17.6 Å². The lowest BCUT2D eigenvalue weighted by Gasteiger charge is -2.11. The molecule has 2 N–H and O–H groups in total. The molecule has 1 aromatic carbocycles. The molecular formula is C13H13F4NO4. The van der Waals surface area contributed by atoms with E-state index in [9.17, 15) is 22.4 Å². The number of halogens is 4. The summed E-state index contributed by atoms with van der Waals surface area (Å²) >= 11 is 0. The van der Waals surface area contributed by atoms with Gasteiger partial charge in [0.05, 0.1) is 6.61 Å². The van der Waals surface area contributed by atoms with Gasteiger partial charge in [0.2, 0.25) is 5.91 Å². The molecule has 0 spiro atoms. The molecule has 0 saturated heterocycles. The maximum Gasteiger partial charge on any atom is 0.387 e. The standard InChI is InChI=1S/C13H13F4NO4/c14-12(15)21-9-3-1-8(10(7-9)22-13(16)17)2-4-11(20)18-5-6-19/h1-4,7,12-13,19H,5-6H2,(H,18,20)/b4-2+. The van der Waals surface area contributed by atoms with Crippen LogP contribution in [0.3, 0.4) is 0 Å². The van der Waals surface area contributed by atoms with E-state index in [1.807, 2.05) is 0 Å². The highest BCUT2D eigenvalue weighted by atomic mass is 19.3. The fourth-order valence-corrected chi connectivity index (χ4v) is 1.43. The van der Waals surface area contributed by atoms with Crippen molar-refractivity contribution < 1.29 is 36.9 Å². The molecule has 0 heterocycles. The minimum atomic E-state index is -3.17. The second kappa shape index (κ2) is 8.88. The van der Waals surface area contributed by atoms with Crippen LogP contribution in [0.25, 0.3) is 6.08 Å². The van der Waals surface area contributed by atoms with Gasteiger partial charge in [-0.3, -0.25) is 4.79 Å². The normalized spacial score (nSPS) is 11.2. The van der Waals surface area contributed by atoms with Crippen molar-refractivity contribution in [2.45, 2.75) is 13.2 Å². The van der Waals surface area contributed by atoms with Crippen LogP contribution in [0.2, 0.25) is 0 Å². The number of benzene rings is 1. The van der Waals surface area contributed by atoms with Crippen LogP contribution >= 0.6 is 0 Å². The van der Waals surface area contributed by atoms with Crippen molar-refractivity contribution in [3.8, 4) is 11.5 Å². The Hall–Kier alpha value is -2.29. The summed E-state index contributed by atoms with van der Waals surface area (Å²) in [5.41, 5.74) is 0.0704. The molecule has 1 rings (SSSR count). The Labute approximate surface area is 123 Å². The molecule has 0 aliphatic heterocycles. The van der Waals surface area contributed by atoms with Crippen LogP contribution in [0.1, 0.15) is 5.56 Å². The predicted octanol–water partition coefficient (Wildman–Crippen LogP) is 2.01. The number of hydrogen-bond donors (Lipinski definition) is 2. The van der Waals surface area contributed by atoms with E-state index in [4.69, 9.17) is 5.11 Å². The molecule has 0 radical (unpaired) electrons. The molecule has 5 nitrogen and oxygen atoms in total. The summed E-state index contributed by atoms with van der Waals surface area (Å²) in [7, 11) is 0. The fraction of sp³-hybridized carbons (Fsp3) is 0.308. The van der Waals surface area contributed by atoms with E-state index in [-0.39, 0.29) is 24.5 Å². The van der Waals surface area contributed by atoms with E-state index in [0.29, 0.717) is 0 Å². The zero-order valence-corrected chi connectivity index (χ0v) is 11.1. The van der Waals surface area contributed by atoms with Crippen LogP contribution in [-0.2, 0) is 4.79 Å². The number of nitrogens with one attached hydrogen (secondary N) is 1. The summed E-state index contributed by atoms with van der Waals surface area (Å²) in [6.45, 7) is -6.49. The highest BCUT2D eigenvalue weighted by Crippen LogP contribution is 2.28. The highest BCUT2D eigenvalue weighted by Gasteiger charge is 2.12. The first kappa shape index (κ1) is 17.8. The molecule has 0 fully saturated rings. The van der Waals surface area contributed by atoms with Crippen LogP contribution in [0.5, 0.6) is 11.5 Å². The van der Waals surface area contributed by atoms with Crippen molar-refractivity contribution in [1.82, 2.24) is 5.32 Å². The molecule has 0 unspecified atom stereocenters. The molecule has 0 aromatic heterocycles. The molecule has 9 heteroatoms. The zero-order chi connectivity index (χ0) is 16.5. The zero-order valence-electron chi connectivity index (χ0n) is 11.1. The van der Waals surface area contributed by atoms with E-state index in [2.05, 4.69) is 14.8 Å². The van der Waals surface area contributed by atoms with Crippen molar-refractivity contribution in [3.05, 3.63) is 29.8 Å². The Bertz CT molecular complexity index is 523. The van der Waals surface area contributed by atoms with Crippen LogP contribution in [0.4, 0.5) is 17.6 Å². The Balaban J connectivity index is 2.92. The van der Waals surface area contributed by atoms with Crippen molar-refractivity contribution in [3.63, 3.8) is 0 Å². The van der Waals surface area contributed by atoms with Gasteiger partial charge in [0, 0.05) is 24.3 Å². The van der Waals surface area contributed by atoms with E-state index in [1.165, 1.54) is 6.07 Å². The van der Waals surface area contributed by atoms with Crippen molar-refractivity contribution >= 4 is 12.0 Å². The Morgan fingerprint density at radius 3 is 2.50 bits per heavy atom. The van der Waals surface area contributed by atoms with E-state index in [0.717, 1.165) is 24.3 Å². The molecule has 0 saturated carbocycles. The fourth-order valence-electron chi connectivity index (χ4n) is 1.43. The average molecular weight is 323 g/mol. The minimum Gasteiger partial charge on any atom is -0.435 e. The highest BCUT2D eigenvalue weighted by molar-refractivity contribution is 5.92. The van der Waals surface area contributed by atoms with Gasteiger partial charge in [-0.25, -0.2) is 0 Å². The lowest BCUT2D eigenvalue weighted by molar-refractivity contribution is -0.116. The first-order valence-corrected chi connectivity index (χ1v) is 6.03. The molecule has 122 valence electrons. The molecule has 0 aliphatic carbocycles. The summed E-state index contributed by atoms with van der Waals surface area (Å²) in [4.78, 5) is 11.3. The molecule has 22 heavy (non-hydrogen) atoms. The number of alkyl halides is 4. The van der Waals surface area contributed by atoms with Crippen LogP contribution in [0, 0.1) is 0 Å². The molecule has 1 amide bonds. The first-order valence-electron chi connectivity index (χ1n) is 6.03. The van der Waals surface area contributed by atoms with Gasteiger partial charge in [-0.05, 0) is 18.2 Å². The number of carbonyl (C=O) groups is 1. The quantitative estimate of drug-likeness (QED) is 0.567. The number of aliphatic hydroxyl groups is 1.